The summed E-state index contributed by atoms with van der Waals surface area (Å²) in [6.07, 6.45) is 4.09. The Morgan fingerprint density at radius 2 is 1.78 bits per heavy atom. The van der Waals surface area contributed by atoms with Crippen molar-refractivity contribution < 1.29 is 13.6 Å². The van der Waals surface area contributed by atoms with Crippen LogP contribution in [0.2, 0.25) is 0 Å². The summed E-state index contributed by atoms with van der Waals surface area (Å²) in [7, 11) is 0. The van der Waals surface area contributed by atoms with Crippen molar-refractivity contribution in [3.63, 3.8) is 0 Å². The molecule has 0 heterocycles. The average Bonchev–Trinajstić information content (AvgIpc) is 2.31. The van der Waals surface area contributed by atoms with Crippen LogP contribution >= 0.6 is 15.9 Å². The van der Waals surface area contributed by atoms with Crippen LogP contribution in [0.3, 0.4) is 0 Å². The van der Waals surface area contributed by atoms with Gasteiger partial charge in [-0.05, 0) is 25.0 Å². The van der Waals surface area contributed by atoms with E-state index in [1.165, 1.54) is 0 Å². The average molecular weight is 318 g/mol. The number of rotatable bonds is 2. The van der Waals surface area contributed by atoms with Gasteiger partial charge in [0.05, 0.1) is 0 Å². The highest BCUT2D eigenvalue weighted by Crippen LogP contribution is 2.24. The second kappa shape index (κ2) is 5.78. The number of alkyl halides is 1. The summed E-state index contributed by atoms with van der Waals surface area (Å²) >= 11 is 3.52. The van der Waals surface area contributed by atoms with Crippen molar-refractivity contribution in [1.82, 2.24) is 5.32 Å². The van der Waals surface area contributed by atoms with Gasteiger partial charge in [0.1, 0.15) is 11.6 Å². The zero-order chi connectivity index (χ0) is 13.1. The molecule has 2 atom stereocenters. The fourth-order valence-corrected chi connectivity index (χ4v) is 2.91. The number of carbonyl (C=O) groups is 1. The lowest BCUT2D eigenvalue weighted by atomic mass is 9.95. The zero-order valence-corrected chi connectivity index (χ0v) is 11.3. The van der Waals surface area contributed by atoms with E-state index in [2.05, 4.69) is 21.2 Å². The maximum atomic E-state index is 13.0. The molecule has 5 heteroatoms. The molecular formula is C13H14BrF2NO. The van der Waals surface area contributed by atoms with E-state index >= 15 is 0 Å². The second-order valence-corrected chi connectivity index (χ2v) is 5.71. The lowest BCUT2D eigenvalue weighted by Crippen LogP contribution is -2.42. The Hall–Kier alpha value is -0.970. The summed E-state index contributed by atoms with van der Waals surface area (Å²) in [5.74, 6) is -1.90. The number of carbonyl (C=O) groups excluding carboxylic acids is 1. The van der Waals surface area contributed by atoms with Gasteiger partial charge in [-0.2, -0.15) is 0 Å². The van der Waals surface area contributed by atoms with Crippen molar-refractivity contribution in [2.24, 2.45) is 0 Å². The Labute approximate surface area is 113 Å². The van der Waals surface area contributed by atoms with Gasteiger partial charge in [-0.25, -0.2) is 8.78 Å². The van der Waals surface area contributed by atoms with E-state index in [1.54, 1.807) is 0 Å². The Bertz CT molecular complexity index is 432. The van der Waals surface area contributed by atoms with Crippen LogP contribution in [0.25, 0.3) is 0 Å². The summed E-state index contributed by atoms with van der Waals surface area (Å²) in [6, 6.07) is 2.87. The van der Waals surface area contributed by atoms with Crippen LogP contribution in [-0.4, -0.2) is 16.8 Å². The highest BCUT2D eigenvalue weighted by molar-refractivity contribution is 9.09. The number of amides is 1. The summed E-state index contributed by atoms with van der Waals surface area (Å²) < 4.78 is 26.0. The minimum Gasteiger partial charge on any atom is -0.348 e. The van der Waals surface area contributed by atoms with Crippen LogP contribution < -0.4 is 5.32 Å². The number of hydrogen-bond donors (Lipinski definition) is 1. The predicted molar refractivity (Wildman–Crippen MR) is 68.8 cm³/mol. The largest absolute Gasteiger partial charge is 0.348 e. The van der Waals surface area contributed by atoms with Crippen molar-refractivity contribution in [3.8, 4) is 0 Å². The van der Waals surface area contributed by atoms with Crippen molar-refractivity contribution in [1.29, 1.82) is 0 Å². The van der Waals surface area contributed by atoms with Gasteiger partial charge in [0.25, 0.3) is 5.91 Å². The molecule has 98 valence electrons. The highest BCUT2D eigenvalue weighted by Gasteiger charge is 2.24. The van der Waals surface area contributed by atoms with Crippen LogP contribution in [0.15, 0.2) is 18.2 Å². The van der Waals surface area contributed by atoms with Gasteiger partial charge in [0.15, 0.2) is 0 Å². The molecule has 0 radical (unpaired) electrons. The summed E-state index contributed by atoms with van der Waals surface area (Å²) in [6.45, 7) is 0. The molecule has 0 spiro atoms. The number of hydrogen-bond acceptors (Lipinski definition) is 1. The number of halogens is 3. The zero-order valence-electron chi connectivity index (χ0n) is 9.76. The second-order valence-electron chi connectivity index (χ2n) is 4.54. The molecule has 0 aliphatic heterocycles. The Morgan fingerprint density at radius 3 is 2.39 bits per heavy atom. The van der Waals surface area contributed by atoms with Crippen molar-refractivity contribution in [2.75, 3.05) is 0 Å². The van der Waals surface area contributed by atoms with Crippen molar-refractivity contribution >= 4 is 21.8 Å². The monoisotopic (exact) mass is 317 g/mol. The molecule has 0 aromatic heterocycles. The highest BCUT2D eigenvalue weighted by atomic mass is 79.9. The molecule has 1 N–H and O–H groups in total. The summed E-state index contributed by atoms with van der Waals surface area (Å²) in [4.78, 5) is 12.1. The molecule has 2 rings (SSSR count). The van der Waals surface area contributed by atoms with E-state index < -0.39 is 17.5 Å². The lowest BCUT2D eigenvalue weighted by Gasteiger charge is -2.28. The molecule has 0 bridgehead atoms. The molecule has 1 aromatic rings. The Balaban J connectivity index is 2.06. The van der Waals surface area contributed by atoms with Crippen molar-refractivity contribution in [2.45, 2.75) is 36.6 Å². The summed E-state index contributed by atoms with van der Waals surface area (Å²) in [5, 5.41) is 2.82. The molecule has 1 saturated carbocycles. The molecule has 18 heavy (non-hydrogen) atoms. The van der Waals surface area contributed by atoms with Gasteiger partial charge in [-0.1, -0.05) is 28.8 Å². The van der Waals surface area contributed by atoms with E-state index in [4.69, 9.17) is 0 Å². The quantitative estimate of drug-likeness (QED) is 0.832. The van der Waals surface area contributed by atoms with Crippen LogP contribution in [-0.2, 0) is 0 Å². The Morgan fingerprint density at radius 1 is 1.17 bits per heavy atom. The van der Waals surface area contributed by atoms with Crippen LogP contribution in [0.5, 0.6) is 0 Å². The minimum absolute atomic E-state index is 0.0255. The van der Waals surface area contributed by atoms with Crippen molar-refractivity contribution in [3.05, 3.63) is 35.4 Å². The standard InChI is InChI=1S/C13H14BrF2NO/c14-11-3-1-2-4-12(11)17-13(18)8-5-9(15)7-10(16)6-8/h5-7,11-12H,1-4H2,(H,17,18). The Kier molecular flexibility index (Phi) is 4.32. The molecule has 2 unspecified atom stereocenters. The van der Waals surface area contributed by atoms with E-state index in [1.807, 2.05) is 0 Å². The molecule has 0 saturated heterocycles. The van der Waals surface area contributed by atoms with Gasteiger partial charge in [-0.15, -0.1) is 0 Å². The van der Waals surface area contributed by atoms with Crippen LogP contribution in [0, 0.1) is 11.6 Å². The molecule has 1 fully saturated rings. The third kappa shape index (κ3) is 3.28. The fourth-order valence-electron chi connectivity index (χ4n) is 2.18. The molecule has 2 nitrogen and oxygen atoms in total. The first-order chi connectivity index (χ1) is 8.56. The smallest absolute Gasteiger partial charge is 0.251 e. The number of benzene rings is 1. The SMILES string of the molecule is O=C(NC1CCCCC1Br)c1cc(F)cc(F)c1. The van der Waals surface area contributed by atoms with Gasteiger partial charge < -0.3 is 5.32 Å². The molecule has 1 aromatic carbocycles. The first-order valence-corrected chi connectivity index (χ1v) is 6.89. The maximum Gasteiger partial charge on any atom is 0.251 e. The fraction of sp³-hybridized carbons (Fsp3) is 0.462. The van der Waals surface area contributed by atoms with Gasteiger partial charge in [0.2, 0.25) is 0 Å². The topological polar surface area (TPSA) is 29.1 Å². The number of nitrogens with one attached hydrogen (secondary N) is 1. The molecule has 1 aliphatic rings. The van der Waals surface area contributed by atoms with Crippen LogP contribution in [0.4, 0.5) is 8.78 Å². The third-order valence-electron chi connectivity index (χ3n) is 3.12. The summed E-state index contributed by atoms with van der Waals surface area (Å²) in [5.41, 5.74) is 0.0257. The predicted octanol–water partition coefficient (Wildman–Crippen LogP) is 3.40. The third-order valence-corrected chi connectivity index (χ3v) is 4.22. The van der Waals surface area contributed by atoms with Gasteiger partial charge in [0, 0.05) is 22.5 Å². The van der Waals surface area contributed by atoms with Crippen LogP contribution in [0.1, 0.15) is 36.0 Å². The first-order valence-electron chi connectivity index (χ1n) is 5.97. The molecule has 1 aliphatic carbocycles. The van der Waals surface area contributed by atoms with E-state index in [0.717, 1.165) is 43.9 Å². The lowest BCUT2D eigenvalue weighted by molar-refractivity contribution is 0.0929. The van der Waals surface area contributed by atoms with E-state index in [0.29, 0.717) is 0 Å². The first kappa shape index (κ1) is 13.5. The van der Waals surface area contributed by atoms with E-state index in [-0.39, 0.29) is 16.4 Å². The molecule has 1 amide bonds. The van der Waals surface area contributed by atoms with Gasteiger partial charge >= 0.3 is 0 Å². The van der Waals surface area contributed by atoms with E-state index in [9.17, 15) is 13.6 Å². The molecular weight excluding hydrogens is 304 g/mol. The minimum atomic E-state index is -0.737. The normalized spacial score (nSPS) is 23.7. The van der Waals surface area contributed by atoms with Gasteiger partial charge in [-0.3, -0.25) is 4.79 Å². The maximum absolute atomic E-state index is 13.0.